The maximum Gasteiger partial charge on any atom is 0.270 e. The summed E-state index contributed by atoms with van der Waals surface area (Å²) in [5.41, 5.74) is 3.45. The number of halogens is 1. The predicted molar refractivity (Wildman–Crippen MR) is 105 cm³/mol. The van der Waals surface area contributed by atoms with E-state index in [1.807, 2.05) is 25.1 Å². The second-order valence-electron chi connectivity index (χ2n) is 6.36. The molecule has 6 nitrogen and oxygen atoms in total. The molecule has 0 aliphatic rings. The van der Waals surface area contributed by atoms with Crippen LogP contribution in [0.4, 0.5) is 16.0 Å². The Labute approximate surface area is 162 Å². The Kier molecular flexibility index (Phi) is 5.84. The maximum atomic E-state index is 13.0. The van der Waals surface area contributed by atoms with Crippen molar-refractivity contribution in [3.05, 3.63) is 76.9 Å². The van der Waals surface area contributed by atoms with E-state index in [2.05, 4.69) is 20.6 Å². The van der Waals surface area contributed by atoms with E-state index in [-0.39, 0.29) is 24.0 Å². The molecule has 1 aromatic heterocycles. The van der Waals surface area contributed by atoms with Crippen LogP contribution in [0.25, 0.3) is 0 Å². The van der Waals surface area contributed by atoms with Gasteiger partial charge in [-0.3, -0.25) is 4.79 Å². The zero-order valence-corrected chi connectivity index (χ0v) is 15.9. The number of methoxy groups -OCH3 is 1. The molecule has 0 aliphatic carbocycles. The Morgan fingerprint density at radius 1 is 1.07 bits per heavy atom. The second-order valence-corrected chi connectivity index (χ2v) is 6.36. The maximum absolute atomic E-state index is 13.0. The molecule has 1 heterocycles. The Balaban J connectivity index is 1.76. The van der Waals surface area contributed by atoms with E-state index in [9.17, 15) is 9.18 Å². The van der Waals surface area contributed by atoms with Gasteiger partial charge in [-0.1, -0.05) is 18.2 Å². The quantitative estimate of drug-likeness (QED) is 0.678. The highest BCUT2D eigenvalue weighted by molar-refractivity contribution is 5.92. The van der Waals surface area contributed by atoms with Crippen molar-refractivity contribution in [1.82, 2.24) is 15.3 Å². The van der Waals surface area contributed by atoms with Crippen LogP contribution in [0.1, 0.15) is 27.3 Å². The highest BCUT2D eigenvalue weighted by Gasteiger charge is 2.12. The number of ether oxygens (including phenoxy) is 1. The number of hydrogen-bond acceptors (Lipinski definition) is 5. The lowest BCUT2D eigenvalue weighted by Gasteiger charge is -2.12. The molecule has 2 aromatic carbocycles. The molecule has 3 aromatic rings. The fraction of sp³-hybridized carbons (Fsp3) is 0.190. The number of amides is 1. The van der Waals surface area contributed by atoms with Crippen LogP contribution in [-0.2, 0) is 6.54 Å². The van der Waals surface area contributed by atoms with E-state index in [1.165, 1.54) is 12.1 Å². The van der Waals surface area contributed by atoms with Gasteiger partial charge in [-0.05, 0) is 55.3 Å². The molecule has 0 fully saturated rings. The zero-order valence-electron chi connectivity index (χ0n) is 15.9. The van der Waals surface area contributed by atoms with Gasteiger partial charge in [0.25, 0.3) is 5.91 Å². The summed E-state index contributed by atoms with van der Waals surface area (Å²) in [5.74, 6) is 0.298. The van der Waals surface area contributed by atoms with Crippen molar-refractivity contribution >= 4 is 17.5 Å². The molecule has 0 aliphatic heterocycles. The lowest BCUT2D eigenvalue weighted by atomic mass is 10.2. The van der Waals surface area contributed by atoms with Gasteiger partial charge < -0.3 is 15.4 Å². The van der Waals surface area contributed by atoms with Crippen LogP contribution in [0.15, 0.2) is 48.5 Å². The molecule has 0 atom stereocenters. The largest absolute Gasteiger partial charge is 0.495 e. The number of carbonyl (C=O) groups is 1. The van der Waals surface area contributed by atoms with Crippen LogP contribution in [0.2, 0.25) is 0 Å². The van der Waals surface area contributed by atoms with E-state index in [1.54, 1.807) is 32.2 Å². The number of aryl methyl sites for hydroxylation is 2. The summed E-state index contributed by atoms with van der Waals surface area (Å²) in [6, 6.07) is 13.3. The topological polar surface area (TPSA) is 76.1 Å². The van der Waals surface area contributed by atoms with Gasteiger partial charge in [-0.2, -0.15) is 0 Å². The smallest absolute Gasteiger partial charge is 0.270 e. The van der Waals surface area contributed by atoms with Crippen molar-refractivity contribution in [2.75, 3.05) is 12.4 Å². The number of aromatic nitrogens is 2. The first-order valence-corrected chi connectivity index (χ1v) is 8.74. The summed E-state index contributed by atoms with van der Waals surface area (Å²) in [6.07, 6.45) is 0. The number of hydrogen-bond donors (Lipinski definition) is 2. The first-order valence-electron chi connectivity index (χ1n) is 8.74. The van der Waals surface area contributed by atoms with Gasteiger partial charge in [0.1, 0.15) is 17.3 Å². The summed E-state index contributed by atoms with van der Waals surface area (Å²) >= 11 is 0. The lowest BCUT2D eigenvalue weighted by Crippen LogP contribution is -2.24. The van der Waals surface area contributed by atoms with Crippen molar-refractivity contribution in [3.8, 4) is 5.75 Å². The van der Waals surface area contributed by atoms with Crippen LogP contribution in [0.3, 0.4) is 0 Å². The van der Waals surface area contributed by atoms with Crippen molar-refractivity contribution in [2.45, 2.75) is 20.4 Å². The zero-order chi connectivity index (χ0) is 20.1. The van der Waals surface area contributed by atoms with Gasteiger partial charge in [0.2, 0.25) is 5.95 Å². The molecule has 2 N–H and O–H groups in total. The van der Waals surface area contributed by atoms with Crippen LogP contribution in [-0.4, -0.2) is 23.0 Å². The van der Waals surface area contributed by atoms with Gasteiger partial charge in [0.05, 0.1) is 12.8 Å². The Bertz CT molecular complexity index is 990. The summed E-state index contributed by atoms with van der Waals surface area (Å²) < 4.78 is 18.3. The van der Waals surface area contributed by atoms with Crippen LogP contribution < -0.4 is 15.4 Å². The molecule has 7 heteroatoms. The highest BCUT2D eigenvalue weighted by Crippen LogP contribution is 2.27. The third-order valence-electron chi connectivity index (χ3n) is 4.05. The molecule has 144 valence electrons. The molecule has 1 amide bonds. The second kappa shape index (κ2) is 8.47. The van der Waals surface area contributed by atoms with Crippen molar-refractivity contribution < 1.29 is 13.9 Å². The van der Waals surface area contributed by atoms with E-state index in [0.717, 1.165) is 11.1 Å². The molecule has 0 saturated heterocycles. The molecule has 28 heavy (non-hydrogen) atoms. The van der Waals surface area contributed by atoms with E-state index in [4.69, 9.17) is 4.74 Å². The third kappa shape index (κ3) is 4.82. The number of carbonyl (C=O) groups excluding carboxylic acids is 1. The summed E-state index contributed by atoms with van der Waals surface area (Å²) in [6.45, 7) is 4.03. The SMILES string of the molecule is COc1ccc(C)cc1Nc1nc(C)cc(C(=O)NCc2ccc(F)cc2)n1. The molecule has 0 saturated carbocycles. The number of rotatable bonds is 6. The van der Waals surface area contributed by atoms with E-state index >= 15 is 0 Å². The molecule has 0 radical (unpaired) electrons. The third-order valence-corrected chi connectivity index (χ3v) is 4.05. The first kappa shape index (κ1) is 19.3. The minimum absolute atomic E-state index is 0.240. The normalized spacial score (nSPS) is 10.4. The van der Waals surface area contributed by atoms with Gasteiger partial charge in [0, 0.05) is 12.2 Å². The molecule has 0 spiro atoms. The lowest BCUT2D eigenvalue weighted by molar-refractivity contribution is 0.0945. The molecule has 0 unspecified atom stereocenters. The van der Waals surface area contributed by atoms with Gasteiger partial charge >= 0.3 is 0 Å². The number of nitrogens with one attached hydrogen (secondary N) is 2. The molecule has 3 rings (SSSR count). The van der Waals surface area contributed by atoms with Crippen molar-refractivity contribution in [2.24, 2.45) is 0 Å². The Hall–Kier alpha value is -3.48. The minimum Gasteiger partial charge on any atom is -0.495 e. The van der Waals surface area contributed by atoms with Crippen LogP contribution in [0.5, 0.6) is 5.75 Å². The Morgan fingerprint density at radius 2 is 1.82 bits per heavy atom. The van der Waals surface area contributed by atoms with Crippen LogP contribution >= 0.6 is 0 Å². The average molecular weight is 380 g/mol. The summed E-state index contributed by atoms with van der Waals surface area (Å²) in [4.78, 5) is 21.1. The number of anilines is 2. The standard InChI is InChI=1S/C21H21FN4O2/c1-13-4-9-19(28-3)17(10-13)25-21-24-14(2)11-18(26-21)20(27)23-12-15-5-7-16(22)8-6-15/h4-11H,12H2,1-3H3,(H,23,27)(H,24,25,26). The monoisotopic (exact) mass is 380 g/mol. The van der Waals surface area contributed by atoms with E-state index < -0.39 is 0 Å². The van der Waals surface area contributed by atoms with E-state index in [0.29, 0.717) is 23.1 Å². The van der Waals surface area contributed by atoms with Gasteiger partial charge in [0.15, 0.2) is 0 Å². The molecular formula is C21H21FN4O2. The Morgan fingerprint density at radius 3 is 2.54 bits per heavy atom. The highest BCUT2D eigenvalue weighted by atomic mass is 19.1. The predicted octanol–water partition coefficient (Wildman–Crippen LogP) is 3.91. The van der Waals surface area contributed by atoms with Crippen molar-refractivity contribution in [3.63, 3.8) is 0 Å². The average Bonchev–Trinajstić information content (AvgIpc) is 2.67. The van der Waals surface area contributed by atoms with Crippen molar-refractivity contribution in [1.29, 1.82) is 0 Å². The number of nitrogens with zero attached hydrogens (tertiary/aromatic N) is 2. The first-order chi connectivity index (χ1) is 13.4. The fourth-order valence-corrected chi connectivity index (χ4v) is 2.66. The fourth-order valence-electron chi connectivity index (χ4n) is 2.66. The molecule has 0 bridgehead atoms. The van der Waals surface area contributed by atoms with Gasteiger partial charge in [-0.25, -0.2) is 14.4 Å². The summed E-state index contributed by atoms with van der Waals surface area (Å²) in [7, 11) is 1.58. The number of benzene rings is 2. The van der Waals surface area contributed by atoms with Crippen LogP contribution in [0, 0.1) is 19.7 Å². The van der Waals surface area contributed by atoms with Gasteiger partial charge in [-0.15, -0.1) is 0 Å². The summed E-state index contributed by atoms with van der Waals surface area (Å²) in [5, 5.41) is 5.89. The molecular weight excluding hydrogens is 359 g/mol. The minimum atomic E-state index is -0.339.